The molecule has 1 fully saturated rings. The second-order valence-electron chi connectivity index (χ2n) is 5.03. The molecule has 1 aliphatic carbocycles. The fourth-order valence-electron chi connectivity index (χ4n) is 2.66. The first-order valence-electron chi connectivity index (χ1n) is 6.61. The van der Waals surface area contributed by atoms with Crippen LogP contribution in [0.25, 0.3) is 10.9 Å². The van der Waals surface area contributed by atoms with Crippen molar-refractivity contribution in [3.63, 3.8) is 0 Å². The number of aromatic nitrogens is 1. The monoisotopic (exact) mass is 242 g/mol. The van der Waals surface area contributed by atoms with Crippen LogP contribution < -0.4 is 5.32 Å². The van der Waals surface area contributed by atoms with Gasteiger partial charge in [-0.05, 0) is 31.0 Å². The van der Waals surface area contributed by atoms with E-state index in [9.17, 15) is 5.11 Å². The smallest absolute Gasteiger partial charge is 0.126 e. The molecular weight excluding hydrogens is 224 g/mol. The van der Waals surface area contributed by atoms with Crippen LogP contribution in [0.3, 0.4) is 0 Å². The van der Waals surface area contributed by atoms with Gasteiger partial charge in [0.05, 0.1) is 11.6 Å². The van der Waals surface area contributed by atoms with E-state index in [1.165, 1.54) is 0 Å². The van der Waals surface area contributed by atoms with E-state index < -0.39 is 0 Å². The van der Waals surface area contributed by atoms with Crippen molar-refractivity contribution in [2.45, 2.75) is 25.4 Å². The largest absolute Gasteiger partial charge is 0.393 e. The molecule has 0 bridgehead atoms. The first-order valence-corrected chi connectivity index (χ1v) is 6.61. The van der Waals surface area contributed by atoms with Crippen LogP contribution in [-0.2, 0) is 0 Å². The molecule has 2 atom stereocenters. The normalized spacial score (nSPS) is 23.4. The minimum atomic E-state index is -0.141. The fraction of sp³-hybridized carbons (Fsp3) is 0.400. The molecule has 1 aromatic carbocycles. The Morgan fingerprint density at radius 1 is 1.17 bits per heavy atom. The number of nitrogens with one attached hydrogen (secondary N) is 1. The molecule has 1 heterocycles. The number of nitrogens with zero attached hydrogens (tertiary/aromatic N) is 1. The van der Waals surface area contributed by atoms with Crippen molar-refractivity contribution in [2.75, 3.05) is 11.9 Å². The Kier molecular flexibility index (Phi) is 3.15. The predicted molar refractivity (Wildman–Crippen MR) is 73.6 cm³/mol. The Labute approximate surface area is 107 Å². The summed E-state index contributed by atoms with van der Waals surface area (Å²) in [6.07, 6.45) is 3.05. The minimum Gasteiger partial charge on any atom is -0.393 e. The summed E-state index contributed by atoms with van der Waals surface area (Å²) >= 11 is 0. The van der Waals surface area contributed by atoms with Gasteiger partial charge < -0.3 is 10.4 Å². The van der Waals surface area contributed by atoms with Crippen molar-refractivity contribution in [3.05, 3.63) is 36.4 Å². The van der Waals surface area contributed by atoms with Crippen LogP contribution in [0.4, 0.5) is 5.82 Å². The summed E-state index contributed by atoms with van der Waals surface area (Å²) in [5.74, 6) is 1.27. The average Bonchev–Trinajstić information content (AvgIpc) is 2.82. The van der Waals surface area contributed by atoms with Crippen LogP contribution in [0, 0.1) is 5.92 Å². The van der Waals surface area contributed by atoms with E-state index in [1.54, 1.807) is 0 Å². The van der Waals surface area contributed by atoms with Crippen molar-refractivity contribution in [3.8, 4) is 0 Å². The van der Waals surface area contributed by atoms with E-state index in [0.717, 1.165) is 42.5 Å². The van der Waals surface area contributed by atoms with E-state index in [0.29, 0.717) is 5.92 Å². The summed E-state index contributed by atoms with van der Waals surface area (Å²) in [4.78, 5) is 4.57. The SMILES string of the molecule is OC1CCCC1CNc1ccc2ccccc2n1. The Morgan fingerprint density at radius 2 is 2.06 bits per heavy atom. The zero-order chi connectivity index (χ0) is 12.4. The number of anilines is 1. The highest BCUT2D eigenvalue weighted by atomic mass is 16.3. The molecule has 1 aliphatic rings. The Balaban J connectivity index is 1.71. The summed E-state index contributed by atoms with van der Waals surface area (Å²) in [5, 5.41) is 14.3. The lowest BCUT2D eigenvalue weighted by Crippen LogP contribution is -2.22. The van der Waals surface area contributed by atoms with Gasteiger partial charge in [0.25, 0.3) is 0 Å². The van der Waals surface area contributed by atoms with Gasteiger partial charge in [-0.2, -0.15) is 0 Å². The molecule has 1 saturated carbocycles. The molecule has 2 aromatic rings. The van der Waals surface area contributed by atoms with Gasteiger partial charge in [0.2, 0.25) is 0 Å². The van der Waals surface area contributed by atoms with Crippen LogP contribution in [0.2, 0.25) is 0 Å². The highest BCUT2D eigenvalue weighted by Crippen LogP contribution is 2.25. The molecule has 94 valence electrons. The molecule has 3 nitrogen and oxygen atoms in total. The number of aliphatic hydroxyl groups excluding tert-OH is 1. The van der Waals surface area contributed by atoms with Gasteiger partial charge in [-0.1, -0.05) is 24.6 Å². The topological polar surface area (TPSA) is 45.1 Å². The molecule has 0 amide bonds. The number of fused-ring (bicyclic) bond motifs is 1. The highest BCUT2D eigenvalue weighted by molar-refractivity contribution is 5.79. The number of aliphatic hydroxyl groups is 1. The minimum absolute atomic E-state index is 0.141. The molecule has 2 N–H and O–H groups in total. The van der Waals surface area contributed by atoms with Gasteiger partial charge >= 0.3 is 0 Å². The lowest BCUT2D eigenvalue weighted by molar-refractivity contribution is 0.138. The quantitative estimate of drug-likeness (QED) is 0.870. The Bertz CT molecular complexity index is 541. The van der Waals surface area contributed by atoms with E-state index in [4.69, 9.17) is 0 Å². The standard InChI is InChI=1S/C15H18N2O/c18-14-7-3-5-12(14)10-16-15-9-8-11-4-1-2-6-13(11)17-15/h1-2,4,6,8-9,12,14,18H,3,5,7,10H2,(H,16,17). The Morgan fingerprint density at radius 3 is 2.89 bits per heavy atom. The van der Waals surface area contributed by atoms with Crippen LogP contribution in [0.5, 0.6) is 0 Å². The number of hydrogen-bond acceptors (Lipinski definition) is 3. The second-order valence-corrected chi connectivity index (χ2v) is 5.03. The molecule has 0 spiro atoms. The van der Waals surface area contributed by atoms with Crippen molar-refractivity contribution in [1.82, 2.24) is 4.98 Å². The average molecular weight is 242 g/mol. The van der Waals surface area contributed by atoms with E-state index in [-0.39, 0.29) is 6.10 Å². The summed E-state index contributed by atoms with van der Waals surface area (Å²) in [6.45, 7) is 0.812. The van der Waals surface area contributed by atoms with Crippen LogP contribution in [0.15, 0.2) is 36.4 Å². The van der Waals surface area contributed by atoms with Gasteiger partial charge in [0.1, 0.15) is 5.82 Å². The van der Waals surface area contributed by atoms with Gasteiger partial charge in [0, 0.05) is 17.8 Å². The van der Waals surface area contributed by atoms with E-state index in [2.05, 4.69) is 22.4 Å². The lowest BCUT2D eigenvalue weighted by atomic mass is 10.1. The number of hydrogen-bond donors (Lipinski definition) is 2. The number of pyridine rings is 1. The van der Waals surface area contributed by atoms with Crippen molar-refractivity contribution < 1.29 is 5.11 Å². The maximum atomic E-state index is 9.78. The molecule has 0 radical (unpaired) electrons. The van der Waals surface area contributed by atoms with Crippen molar-refractivity contribution in [2.24, 2.45) is 5.92 Å². The molecule has 2 unspecified atom stereocenters. The van der Waals surface area contributed by atoms with Crippen LogP contribution >= 0.6 is 0 Å². The number of rotatable bonds is 3. The fourth-order valence-corrected chi connectivity index (χ4v) is 2.66. The summed E-state index contributed by atoms with van der Waals surface area (Å²) in [5.41, 5.74) is 1.01. The summed E-state index contributed by atoms with van der Waals surface area (Å²) < 4.78 is 0. The van der Waals surface area contributed by atoms with Gasteiger partial charge in [-0.25, -0.2) is 4.98 Å². The molecule has 0 aliphatic heterocycles. The van der Waals surface area contributed by atoms with Gasteiger partial charge in [-0.15, -0.1) is 0 Å². The third kappa shape index (κ3) is 2.31. The lowest BCUT2D eigenvalue weighted by Gasteiger charge is -2.15. The highest BCUT2D eigenvalue weighted by Gasteiger charge is 2.24. The molecule has 3 heteroatoms. The van der Waals surface area contributed by atoms with Gasteiger partial charge in [0.15, 0.2) is 0 Å². The predicted octanol–water partition coefficient (Wildman–Crippen LogP) is 2.81. The molecule has 1 aromatic heterocycles. The third-order valence-corrected chi connectivity index (χ3v) is 3.76. The summed E-state index contributed by atoms with van der Waals surface area (Å²) in [7, 11) is 0. The van der Waals surface area contributed by atoms with Crippen LogP contribution in [0.1, 0.15) is 19.3 Å². The zero-order valence-corrected chi connectivity index (χ0v) is 10.3. The first-order chi connectivity index (χ1) is 8.83. The van der Waals surface area contributed by atoms with Crippen molar-refractivity contribution >= 4 is 16.7 Å². The molecule has 18 heavy (non-hydrogen) atoms. The number of para-hydroxylation sites is 1. The second kappa shape index (κ2) is 4.94. The maximum Gasteiger partial charge on any atom is 0.126 e. The Hall–Kier alpha value is -1.61. The van der Waals surface area contributed by atoms with E-state index >= 15 is 0 Å². The molecule has 3 rings (SSSR count). The number of benzene rings is 1. The van der Waals surface area contributed by atoms with E-state index in [1.807, 2.05) is 24.3 Å². The van der Waals surface area contributed by atoms with Crippen molar-refractivity contribution in [1.29, 1.82) is 0 Å². The van der Waals surface area contributed by atoms with Crippen LogP contribution in [-0.4, -0.2) is 22.7 Å². The third-order valence-electron chi connectivity index (χ3n) is 3.76. The first kappa shape index (κ1) is 11.5. The molecule has 0 saturated heterocycles. The molecular formula is C15H18N2O. The summed E-state index contributed by atoms with van der Waals surface area (Å²) in [6, 6.07) is 12.2. The van der Waals surface area contributed by atoms with Gasteiger partial charge in [-0.3, -0.25) is 0 Å². The zero-order valence-electron chi connectivity index (χ0n) is 10.3. The maximum absolute atomic E-state index is 9.78.